The second-order valence-corrected chi connectivity index (χ2v) is 16.7. The van der Waals surface area contributed by atoms with E-state index in [4.69, 9.17) is 16.3 Å². The van der Waals surface area contributed by atoms with Crippen molar-refractivity contribution >= 4 is 78.6 Å². The van der Waals surface area contributed by atoms with Crippen molar-refractivity contribution in [3.63, 3.8) is 0 Å². The molecule has 1 aromatic heterocycles. The number of amides is 4. The van der Waals surface area contributed by atoms with Crippen molar-refractivity contribution in [3.05, 3.63) is 121 Å². The summed E-state index contributed by atoms with van der Waals surface area (Å²) in [6.45, 7) is 1.91. The normalized spacial score (nSPS) is 25.3. The number of imide groups is 2. The van der Waals surface area contributed by atoms with E-state index in [1.807, 2.05) is 25.1 Å². The fourth-order valence-corrected chi connectivity index (χ4v) is 10.4. The number of aromatic nitrogens is 1. The van der Waals surface area contributed by atoms with Crippen LogP contribution in [0.3, 0.4) is 0 Å². The predicted molar refractivity (Wildman–Crippen MR) is 213 cm³/mol. The highest BCUT2D eigenvalue weighted by Crippen LogP contribution is 2.65. The van der Waals surface area contributed by atoms with Gasteiger partial charge < -0.3 is 9.84 Å². The minimum atomic E-state index is -4.83. The van der Waals surface area contributed by atoms with Crippen LogP contribution in [0.25, 0.3) is 0 Å². The third-order valence-corrected chi connectivity index (χ3v) is 14.3. The number of benzene rings is 3. The number of hydrazine groups is 2. The maximum absolute atomic E-state index is 15.5. The monoisotopic (exact) mass is 941 g/mol. The molecule has 0 bridgehead atoms. The molecular weight excluding hydrogens is 911 g/mol. The Bertz CT molecular complexity index is 2440. The van der Waals surface area contributed by atoms with Crippen molar-refractivity contribution in [3.8, 4) is 11.5 Å². The minimum Gasteiger partial charge on any atom is -0.503 e. The van der Waals surface area contributed by atoms with E-state index in [-0.39, 0.29) is 33.8 Å². The van der Waals surface area contributed by atoms with Crippen LogP contribution in [0, 0.1) is 30.6 Å². The van der Waals surface area contributed by atoms with E-state index in [1.54, 1.807) is 48.5 Å². The van der Waals surface area contributed by atoms with E-state index < -0.39 is 76.3 Å². The maximum Gasteiger partial charge on any atom is 0.433 e. The average Bonchev–Trinajstić information content (AvgIpc) is 3.58. The van der Waals surface area contributed by atoms with Crippen LogP contribution < -0.4 is 15.2 Å². The highest BCUT2D eigenvalue weighted by molar-refractivity contribution is 9.13. The second kappa shape index (κ2) is 14.4. The van der Waals surface area contributed by atoms with Crippen LogP contribution in [0.4, 0.5) is 24.7 Å². The number of methoxy groups -OCH3 is 1. The molecule has 2 saturated heterocycles. The topological polar surface area (TPSA) is 132 Å². The Kier molecular flexibility index (Phi) is 9.91. The molecule has 300 valence electrons. The molecule has 3 aromatic carbocycles. The van der Waals surface area contributed by atoms with Crippen molar-refractivity contribution in [1.82, 2.24) is 15.0 Å². The number of phenolic OH excluding ortho intramolecular Hbond substituents is 1. The number of hydrogen-bond donors (Lipinski definition) is 2. The van der Waals surface area contributed by atoms with Crippen LogP contribution in [0.2, 0.25) is 5.02 Å². The van der Waals surface area contributed by atoms with Gasteiger partial charge in [-0.1, -0.05) is 71.3 Å². The fourth-order valence-electron chi connectivity index (χ4n) is 9.26. The van der Waals surface area contributed by atoms with Crippen LogP contribution in [0.15, 0.2) is 93.4 Å². The van der Waals surface area contributed by atoms with Crippen LogP contribution in [0.1, 0.15) is 41.1 Å². The molecule has 6 atom stereocenters. The molecule has 17 heteroatoms. The molecule has 4 amide bonds. The molecule has 0 spiro atoms. The van der Waals surface area contributed by atoms with Gasteiger partial charge in [-0.2, -0.15) is 23.2 Å². The van der Waals surface area contributed by atoms with Gasteiger partial charge in [-0.3, -0.25) is 29.6 Å². The number of hydrogen-bond acceptors (Lipinski definition) is 9. The first kappa shape index (κ1) is 39.9. The lowest BCUT2D eigenvalue weighted by atomic mass is 9.49. The molecule has 4 aliphatic rings. The number of carbonyl (C=O) groups is 4. The number of rotatable bonds is 7. The summed E-state index contributed by atoms with van der Waals surface area (Å²) in [5.41, 5.74) is 3.17. The van der Waals surface area contributed by atoms with Crippen LogP contribution in [-0.2, 0) is 30.8 Å². The van der Waals surface area contributed by atoms with E-state index in [1.165, 1.54) is 14.2 Å². The Labute approximate surface area is 352 Å². The van der Waals surface area contributed by atoms with Gasteiger partial charge >= 0.3 is 6.18 Å². The molecule has 0 radical (unpaired) electrons. The summed E-state index contributed by atoms with van der Waals surface area (Å²) in [4.78, 5) is 63.1. The van der Waals surface area contributed by atoms with Gasteiger partial charge in [0.25, 0.3) is 23.6 Å². The van der Waals surface area contributed by atoms with Crippen molar-refractivity contribution in [2.45, 2.75) is 37.3 Å². The summed E-state index contributed by atoms with van der Waals surface area (Å²) >= 11 is 13.5. The number of aromatic hydroxyl groups is 1. The number of allylic oxidation sites excluding steroid dienone is 2. The molecule has 4 aromatic rings. The number of anilines is 2. The summed E-state index contributed by atoms with van der Waals surface area (Å²) in [5.74, 6) is -8.07. The first-order valence-electron chi connectivity index (χ1n) is 18.1. The van der Waals surface area contributed by atoms with Gasteiger partial charge in [0.05, 0.1) is 45.5 Å². The summed E-state index contributed by atoms with van der Waals surface area (Å²) in [6.07, 6.45) is -3.01. The number of nitrogens with zero attached hydrogens (tertiary/aromatic N) is 4. The summed E-state index contributed by atoms with van der Waals surface area (Å²) in [7, 11) is 2.62. The molecular formula is C41H33Br2ClF3N5O6. The van der Waals surface area contributed by atoms with E-state index in [9.17, 15) is 32.7 Å². The van der Waals surface area contributed by atoms with Crippen molar-refractivity contribution in [2.75, 3.05) is 24.6 Å². The summed E-state index contributed by atoms with van der Waals surface area (Å²) in [5, 5.41) is 13.6. The number of carbonyl (C=O) groups excluding carboxylic acids is 4. The lowest BCUT2D eigenvalue weighted by Crippen LogP contribution is -2.53. The summed E-state index contributed by atoms with van der Waals surface area (Å²) in [6, 6.07) is 19.3. The number of aryl methyl sites for hydroxylation is 1. The van der Waals surface area contributed by atoms with E-state index in [2.05, 4.69) is 42.3 Å². The third kappa shape index (κ3) is 5.92. The maximum atomic E-state index is 15.5. The lowest BCUT2D eigenvalue weighted by molar-refractivity contribution is -0.142. The third-order valence-electron chi connectivity index (χ3n) is 11.8. The number of fused-ring (bicyclic) bond motifs is 4. The van der Waals surface area contributed by atoms with Crippen LogP contribution in [0.5, 0.6) is 11.5 Å². The molecule has 58 heavy (non-hydrogen) atoms. The number of ether oxygens (including phenoxy) is 1. The highest BCUT2D eigenvalue weighted by atomic mass is 79.9. The molecule has 8 rings (SSSR count). The number of pyridine rings is 1. The number of nitrogens with one attached hydrogen (secondary N) is 1. The van der Waals surface area contributed by atoms with E-state index in [0.717, 1.165) is 26.7 Å². The standard InChI is InChI=1S/C41H33Br2ClF3N5O6/c1-19-9-11-21(12-10-19)49-51-37(55)26-17-24-22(13-14-23-30(24)38(56)52(36(23)54)50(2)35-27(44)15-16-29(48-35)41(45,46)47)31(25-18-28(58-3)34(53)33(43)32(25)42)40(26,39(51)57)20-7-5-4-6-8-20/h4-13,15-16,18,23-24,26,30-31,49,53H,14,17H2,1-3H3. The van der Waals surface area contributed by atoms with Crippen LogP contribution in [-0.4, -0.2) is 57.9 Å². The highest BCUT2D eigenvalue weighted by Gasteiger charge is 2.71. The van der Waals surface area contributed by atoms with Gasteiger partial charge in [0.15, 0.2) is 17.3 Å². The summed E-state index contributed by atoms with van der Waals surface area (Å²) < 4.78 is 47.4. The van der Waals surface area contributed by atoms with Crippen molar-refractivity contribution in [2.24, 2.45) is 23.7 Å². The molecule has 1 saturated carbocycles. The molecule has 3 fully saturated rings. The van der Waals surface area contributed by atoms with Gasteiger partial charge in [-0.05, 0) is 99.0 Å². The van der Waals surface area contributed by atoms with Gasteiger partial charge in [-0.25, -0.2) is 4.98 Å². The quantitative estimate of drug-likeness (QED) is 0.139. The zero-order valence-corrected chi connectivity index (χ0v) is 34.8. The largest absolute Gasteiger partial charge is 0.503 e. The van der Waals surface area contributed by atoms with Crippen molar-refractivity contribution in [1.29, 1.82) is 0 Å². The van der Waals surface area contributed by atoms with Crippen molar-refractivity contribution < 1.29 is 42.2 Å². The van der Waals surface area contributed by atoms with E-state index in [0.29, 0.717) is 32.9 Å². The SMILES string of the molecule is COc1cc(C2C3=CCC4C(=O)N(N(C)c5nc(C(F)(F)F)ccc5Cl)C(=O)C4C3CC3C(=O)N(Nc4ccc(C)cc4)C(=O)C32c2ccccc2)c(Br)c(Br)c1O. The fraction of sp³-hybridized carbons (Fsp3) is 0.293. The number of halogens is 6. The van der Waals surface area contributed by atoms with Gasteiger partial charge in [0, 0.05) is 17.4 Å². The Morgan fingerprint density at radius 3 is 2.31 bits per heavy atom. The molecule has 11 nitrogen and oxygen atoms in total. The Morgan fingerprint density at radius 1 is 0.966 bits per heavy atom. The molecule has 2 aliphatic heterocycles. The number of phenols is 1. The molecule has 2 N–H and O–H groups in total. The zero-order chi connectivity index (χ0) is 41.6. The Morgan fingerprint density at radius 2 is 1.66 bits per heavy atom. The average molecular weight is 944 g/mol. The first-order chi connectivity index (χ1) is 27.5. The molecule has 2 aliphatic carbocycles. The Balaban J connectivity index is 1.31. The predicted octanol–water partition coefficient (Wildman–Crippen LogP) is 8.34. The van der Waals surface area contributed by atoms with Crippen LogP contribution >= 0.6 is 43.5 Å². The van der Waals surface area contributed by atoms with E-state index >= 15 is 4.79 Å². The van der Waals surface area contributed by atoms with Gasteiger partial charge in [0.2, 0.25) is 0 Å². The molecule has 3 heterocycles. The number of alkyl halides is 3. The second-order valence-electron chi connectivity index (χ2n) is 14.7. The minimum absolute atomic E-state index is 0.0304. The van der Waals surface area contributed by atoms with Gasteiger partial charge in [0.1, 0.15) is 5.69 Å². The smallest absolute Gasteiger partial charge is 0.433 e. The lowest BCUT2D eigenvalue weighted by Gasteiger charge is -2.51. The zero-order valence-electron chi connectivity index (χ0n) is 30.9. The Hall–Kier alpha value is -4.93. The van der Waals surface area contributed by atoms with Gasteiger partial charge in [-0.15, -0.1) is 0 Å². The first-order valence-corrected chi connectivity index (χ1v) is 20.1. The molecule has 6 unspecified atom stereocenters.